The Hall–Kier alpha value is -1.35. The van der Waals surface area contributed by atoms with Crippen molar-refractivity contribution in [3.8, 4) is 0 Å². The van der Waals surface area contributed by atoms with E-state index in [1.807, 2.05) is 25.2 Å². The van der Waals surface area contributed by atoms with E-state index in [4.69, 9.17) is 11.6 Å². The molecule has 0 unspecified atom stereocenters. The van der Waals surface area contributed by atoms with Crippen molar-refractivity contribution in [3.63, 3.8) is 0 Å². The van der Waals surface area contributed by atoms with Crippen LogP contribution in [-0.2, 0) is 19.6 Å². The molecule has 0 fully saturated rings. The molecule has 0 atom stereocenters. The van der Waals surface area contributed by atoms with E-state index in [1.54, 1.807) is 0 Å². The zero-order valence-corrected chi connectivity index (χ0v) is 12.8. The van der Waals surface area contributed by atoms with Crippen molar-refractivity contribution >= 4 is 11.6 Å². The van der Waals surface area contributed by atoms with Gasteiger partial charge in [-0.15, -0.1) is 0 Å². The van der Waals surface area contributed by atoms with E-state index in [0.29, 0.717) is 0 Å². The molecule has 0 spiro atoms. The first-order valence-electron chi connectivity index (χ1n) is 6.83. The van der Waals surface area contributed by atoms with Crippen molar-refractivity contribution in [3.05, 3.63) is 70.2 Å². The number of halogens is 1. The summed E-state index contributed by atoms with van der Waals surface area (Å²) in [6, 6.07) is 16.6. The van der Waals surface area contributed by atoms with Crippen LogP contribution in [0.25, 0.3) is 0 Å². The van der Waals surface area contributed by atoms with Crippen molar-refractivity contribution in [1.82, 2.24) is 10.2 Å². The number of nitrogens with zero attached hydrogens (tertiary/aromatic N) is 1. The van der Waals surface area contributed by atoms with Gasteiger partial charge >= 0.3 is 0 Å². The maximum Gasteiger partial charge on any atom is 0.0409 e. The van der Waals surface area contributed by atoms with Gasteiger partial charge in [-0.2, -0.15) is 0 Å². The Morgan fingerprint density at radius 3 is 2.45 bits per heavy atom. The van der Waals surface area contributed by atoms with Crippen molar-refractivity contribution in [2.24, 2.45) is 0 Å². The van der Waals surface area contributed by atoms with Crippen molar-refractivity contribution < 1.29 is 0 Å². The van der Waals surface area contributed by atoms with Gasteiger partial charge in [0.1, 0.15) is 0 Å². The molecule has 1 N–H and O–H groups in total. The lowest BCUT2D eigenvalue weighted by Crippen LogP contribution is -2.19. The molecule has 2 nitrogen and oxygen atoms in total. The Labute approximate surface area is 126 Å². The molecule has 3 heteroatoms. The molecule has 2 aromatic rings. The van der Waals surface area contributed by atoms with Crippen molar-refractivity contribution in [1.29, 1.82) is 0 Å². The van der Waals surface area contributed by atoms with Gasteiger partial charge in [-0.1, -0.05) is 48.0 Å². The van der Waals surface area contributed by atoms with Crippen LogP contribution in [0.4, 0.5) is 0 Å². The normalized spacial score (nSPS) is 11.0. The highest BCUT2D eigenvalue weighted by Gasteiger charge is 2.06. The minimum absolute atomic E-state index is 0.798. The van der Waals surface area contributed by atoms with Gasteiger partial charge in [0, 0.05) is 24.7 Å². The van der Waals surface area contributed by atoms with Gasteiger partial charge in [0.15, 0.2) is 0 Å². The summed E-state index contributed by atoms with van der Waals surface area (Å²) in [7, 11) is 4.11. The fraction of sp³-hybridized carbons (Fsp3) is 0.294. The van der Waals surface area contributed by atoms with Gasteiger partial charge in [-0.25, -0.2) is 0 Å². The number of benzene rings is 2. The van der Waals surface area contributed by atoms with Gasteiger partial charge in [-0.3, -0.25) is 4.90 Å². The predicted octanol–water partition coefficient (Wildman–Crippen LogP) is 3.69. The van der Waals surface area contributed by atoms with E-state index in [9.17, 15) is 0 Å². The third kappa shape index (κ3) is 4.34. The summed E-state index contributed by atoms with van der Waals surface area (Å²) in [6.07, 6.45) is 0. The molecule has 0 radical (unpaired) electrons. The smallest absolute Gasteiger partial charge is 0.0409 e. The molecule has 2 aromatic carbocycles. The molecule has 106 valence electrons. The molecular weight excluding hydrogens is 268 g/mol. The molecule has 0 aliphatic rings. The van der Waals surface area contributed by atoms with Crippen LogP contribution in [0.2, 0.25) is 5.02 Å². The van der Waals surface area contributed by atoms with E-state index >= 15 is 0 Å². The molecule has 20 heavy (non-hydrogen) atoms. The van der Waals surface area contributed by atoms with Crippen LogP contribution in [0, 0.1) is 0 Å². The summed E-state index contributed by atoms with van der Waals surface area (Å²) in [4.78, 5) is 2.31. The van der Waals surface area contributed by atoms with Crippen molar-refractivity contribution in [2.45, 2.75) is 19.6 Å². The summed E-state index contributed by atoms with van der Waals surface area (Å²) in [6.45, 7) is 2.74. The molecule has 0 aliphatic heterocycles. The molecule has 0 saturated heterocycles. The Morgan fingerprint density at radius 2 is 1.75 bits per heavy atom. The number of rotatable bonds is 6. The molecule has 0 amide bonds. The van der Waals surface area contributed by atoms with Gasteiger partial charge < -0.3 is 5.32 Å². The molecular formula is C17H21ClN2. The topological polar surface area (TPSA) is 15.3 Å². The second-order valence-electron chi connectivity index (χ2n) is 5.10. The lowest BCUT2D eigenvalue weighted by Gasteiger charge is -2.19. The van der Waals surface area contributed by atoms with Crippen LogP contribution in [0.5, 0.6) is 0 Å². The van der Waals surface area contributed by atoms with E-state index in [2.05, 4.69) is 47.6 Å². The second-order valence-corrected chi connectivity index (χ2v) is 5.54. The molecule has 0 heterocycles. The summed E-state index contributed by atoms with van der Waals surface area (Å²) in [5.74, 6) is 0. The van der Waals surface area contributed by atoms with Crippen LogP contribution in [-0.4, -0.2) is 19.0 Å². The third-order valence-electron chi connectivity index (χ3n) is 3.27. The van der Waals surface area contributed by atoms with E-state index in [0.717, 1.165) is 24.7 Å². The minimum Gasteiger partial charge on any atom is -0.316 e. The monoisotopic (exact) mass is 288 g/mol. The SMILES string of the molecule is CNCc1ccccc1CN(C)Cc1cccc(Cl)c1. The fourth-order valence-electron chi connectivity index (χ4n) is 2.37. The van der Waals surface area contributed by atoms with Crippen LogP contribution < -0.4 is 5.32 Å². The molecule has 2 rings (SSSR count). The Bertz CT molecular complexity index is 554. The molecule has 0 saturated carbocycles. The Balaban J connectivity index is 2.02. The highest BCUT2D eigenvalue weighted by molar-refractivity contribution is 6.30. The fourth-order valence-corrected chi connectivity index (χ4v) is 2.58. The summed E-state index contributed by atoms with van der Waals surface area (Å²) >= 11 is 6.03. The maximum absolute atomic E-state index is 6.03. The third-order valence-corrected chi connectivity index (χ3v) is 3.50. The van der Waals surface area contributed by atoms with Crippen LogP contribution in [0.1, 0.15) is 16.7 Å². The standard InChI is InChI=1S/C17H21ClN2/c1-19-11-15-7-3-4-8-16(15)13-20(2)12-14-6-5-9-17(18)10-14/h3-10,19H,11-13H2,1-2H3. The molecule has 0 aliphatic carbocycles. The van der Waals surface area contributed by atoms with E-state index in [-0.39, 0.29) is 0 Å². The van der Waals surface area contributed by atoms with Gasteiger partial charge in [0.2, 0.25) is 0 Å². The number of hydrogen-bond donors (Lipinski definition) is 1. The first kappa shape index (κ1) is 15.0. The van der Waals surface area contributed by atoms with Gasteiger partial charge in [0.05, 0.1) is 0 Å². The highest BCUT2D eigenvalue weighted by atomic mass is 35.5. The quantitative estimate of drug-likeness (QED) is 0.872. The first-order chi connectivity index (χ1) is 9.69. The largest absolute Gasteiger partial charge is 0.316 e. The average molecular weight is 289 g/mol. The zero-order chi connectivity index (χ0) is 14.4. The lowest BCUT2D eigenvalue weighted by molar-refractivity contribution is 0.318. The zero-order valence-electron chi connectivity index (χ0n) is 12.1. The van der Waals surface area contributed by atoms with Crippen molar-refractivity contribution in [2.75, 3.05) is 14.1 Å². The van der Waals surface area contributed by atoms with E-state index < -0.39 is 0 Å². The highest BCUT2D eigenvalue weighted by Crippen LogP contribution is 2.15. The molecule has 0 bridgehead atoms. The Morgan fingerprint density at radius 1 is 1.00 bits per heavy atom. The van der Waals surface area contributed by atoms with Crippen LogP contribution >= 0.6 is 11.6 Å². The number of nitrogens with one attached hydrogen (secondary N) is 1. The van der Waals surface area contributed by atoms with Crippen LogP contribution in [0.15, 0.2) is 48.5 Å². The van der Waals surface area contributed by atoms with Gasteiger partial charge in [0.25, 0.3) is 0 Å². The molecule has 0 aromatic heterocycles. The van der Waals surface area contributed by atoms with Gasteiger partial charge in [-0.05, 0) is 42.9 Å². The summed E-state index contributed by atoms with van der Waals surface area (Å²) in [5.41, 5.74) is 3.96. The van der Waals surface area contributed by atoms with E-state index in [1.165, 1.54) is 16.7 Å². The lowest BCUT2D eigenvalue weighted by atomic mass is 10.1. The predicted molar refractivity (Wildman–Crippen MR) is 85.8 cm³/mol. The minimum atomic E-state index is 0.798. The number of hydrogen-bond acceptors (Lipinski definition) is 2. The second kappa shape index (κ2) is 7.44. The maximum atomic E-state index is 6.03. The summed E-state index contributed by atoms with van der Waals surface area (Å²) < 4.78 is 0. The summed E-state index contributed by atoms with van der Waals surface area (Å²) in [5, 5.41) is 4.02. The van der Waals surface area contributed by atoms with Crippen LogP contribution in [0.3, 0.4) is 0 Å². The average Bonchev–Trinajstić information content (AvgIpc) is 2.41. The Kier molecular flexibility index (Phi) is 5.60. The first-order valence-corrected chi connectivity index (χ1v) is 7.21.